The predicted octanol–water partition coefficient (Wildman–Crippen LogP) is 3.38. The number of halogens is 1. The first-order chi connectivity index (χ1) is 7.29. The van der Waals surface area contributed by atoms with Crippen molar-refractivity contribution in [2.75, 3.05) is 0 Å². The van der Waals surface area contributed by atoms with Gasteiger partial charge in [-0.3, -0.25) is 4.98 Å². The van der Waals surface area contributed by atoms with Gasteiger partial charge in [-0.2, -0.15) is 5.26 Å². The summed E-state index contributed by atoms with van der Waals surface area (Å²) in [7, 11) is 0. The van der Waals surface area contributed by atoms with Crippen LogP contribution in [0.15, 0.2) is 47.2 Å². The second-order valence-electron chi connectivity index (χ2n) is 3.08. The molecule has 0 aliphatic rings. The molecule has 1 aromatic heterocycles. The highest BCUT2D eigenvalue weighted by atomic mass is 79.9. The van der Waals surface area contributed by atoms with Crippen molar-refractivity contribution in [1.29, 1.82) is 5.26 Å². The maximum Gasteiger partial charge on any atom is 0.101 e. The molecule has 0 saturated carbocycles. The van der Waals surface area contributed by atoms with Crippen molar-refractivity contribution in [1.82, 2.24) is 4.98 Å². The van der Waals surface area contributed by atoms with Crippen molar-refractivity contribution >= 4 is 15.9 Å². The minimum absolute atomic E-state index is 0.576. The SMILES string of the molecule is N#Cc1cncc(-c2cccc(Br)c2)c1. The van der Waals surface area contributed by atoms with Gasteiger partial charge in [0.2, 0.25) is 0 Å². The molecule has 0 amide bonds. The number of nitrogens with zero attached hydrogens (tertiary/aromatic N) is 2. The molecule has 0 fully saturated rings. The summed E-state index contributed by atoms with van der Waals surface area (Å²) in [6.45, 7) is 0. The summed E-state index contributed by atoms with van der Waals surface area (Å²) in [6.07, 6.45) is 3.31. The molecule has 0 atom stereocenters. The van der Waals surface area contributed by atoms with Crippen LogP contribution in [0, 0.1) is 11.3 Å². The maximum atomic E-state index is 8.76. The Morgan fingerprint density at radius 3 is 2.73 bits per heavy atom. The van der Waals surface area contributed by atoms with Crippen molar-refractivity contribution < 1.29 is 0 Å². The van der Waals surface area contributed by atoms with E-state index in [-0.39, 0.29) is 0 Å². The van der Waals surface area contributed by atoms with Gasteiger partial charge >= 0.3 is 0 Å². The first kappa shape index (κ1) is 9.88. The minimum atomic E-state index is 0.576. The lowest BCUT2D eigenvalue weighted by atomic mass is 10.1. The highest BCUT2D eigenvalue weighted by molar-refractivity contribution is 9.10. The molecule has 0 saturated heterocycles. The van der Waals surface area contributed by atoms with Gasteiger partial charge in [-0.05, 0) is 23.8 Å². The van der Waals surface area contributed by atoms with Crippen LogP contribution in [-0.4, -0.2) is 4.98 Å². The summed E-state index contributed by atoms with van der Waals surface area (Å²) in [5.41, 5.74) is 2.58. The van der Waals surface area contributed by atoms with Crippen molar-refractivity contribution in [2.24, 2.45) is 0 Å². The van der Waals surface area contributed by atoms with Crippen molar-refractivity contribution in [3.63, 3.8) is 0 Å². The van der Waals surface area contributed by atoms with Crippen LogP contribution in [0.2, 0.25) is 0 Å². The Bertz CT molecular complexity index is 529. The maximum absolute atomic E-state index is 8.76. The molecule has 0 radical (unpaired) electrons. The van der Waals surface area contributed by atoms with Gasteiger partial charge in [-0.15, -0.1) is 0 Å². The third-order valence-corrected chi connectivity index (χ3v) is 2.52. The number of benzene rings is 1. The predicted molar refractivity (Wildman–Crippen MR) is 62.1 cm³/mol. The van der Waals surface area contributed by atoms with E-state index in [0.29, 0.717) is 5.56 Å². The molecule has 0 N–H and O–H groups in total. The fourth-order valence-corrected chi connectivity index (χ4v) is 1.73. The van der Waals surface area contributed by atoms with E-state index in [9.17, 15) is 0 Å². The quantitative estimate of drug-likeness (QED) is 0.787. The molecule has 15 heavy (non-hydrogen) atoms. The Hall–Kier alpha value is -1.66. The summed E-state index contributed by atoms with van der Waals surface area (Å²) in [5.74, 6) is 0. The van der Waals surface area contributed by atoms with Crippen molar-refractivity contribution in [3.8, 4) is 17.2 Å². The summed E-state index contributed by atoms with van der Waals surface area (Å²) in [5, 5.41) is 8.76. The molecule has 2 aromatic rings. The van der Waals surface area contributed by atoms with E-state index in [2.05, 4.69) is 27.0 Å². The number of pyridine rings is 1. The Balaban J connectivity index is 2.50. The molecule has 2 rings (SSSR count). The average molecular weight is 259 g/mol. The molecule has 1 aromatic carbocycles. The number of hydrogen-bond acceptors (Lipinski definition) is 2. The van der Waals surface area contributed by atoms with E-state index in [0.717, 1.165) is 15.6 Å². The third kappa shape index (κ3) is 2.23. The zero-order valence-electron chi connectivity index (χ0n) is 7.81. The normalized spacial score (nSPS) is 9.60. The molecule has 0 spiro atoms. The standard InChI is InChI=1S/C12H7BrN2/c13-12-3-1-2-10(5-12)11-4-9(6-14)7-15-8-11/h1-5,7-8H. The summed E-state index contributed by atoms with van der Waals surface area (Å²) < 4.78 is 1.02. The van der Waals surface area contributed by atoms with Crippen molar-refractivity contribution in [3.05, 3.63) is 52.8 Å². The van der Waals surface area contributed by atoms with Gasteiger partial charge in [-0.1, -0.05) is 28.1 Å². The topological polar surface area (TPSA) is 36.7 Å². The number of aromatic nitrogens is 1. The molecular weight excluding hydrogens is 252 g/mol. The molecular formula is C12H7BrN2. The first-order valence-corrected chi connectivity index (χ1v) is 5.20. The molecule has 2 nitrogen and oxygen atoms in total. The third-order valence-electron chi connectivity index (χ3n) is 2.03. The Morgan fingerprint density at radius 2 is 2.00 bits per heavy atom. The lowest BCUT2D eigenvalue weighted by Crippen LogP contribution is -1.82. The molecule has 0 aliphatic heterocycles. The zero-order chi connectivity index (χ0) is 10.7. The van der Waals surface area contributed by atoms with Gasteiger partial charge in [-0.25, -0.2) is 0 Å². The van der Waals surface area contributed by atoms with E-state index in [1.54, 1.807) is 12.4 Å². The van der Waals surface area contributed by atoms with Crippen LogP contribution in [0.1, 0.15) is 5.56 Å². The summed E-state index contributed by atoms with van der Waals surface area (Å²) in [6, 6.07) is 11.8. The highest BCUT2D eigenvalue weighted by Crippen LogP contribution is 2.22. The van der Waals surface area contributed by atoms with Gasteiger partial charge in [0.15, 0.2) is 0 Å². The van der Waals surface area contributed by atoms with Gasteiger partial charge in [0, 0.05) is 22.4 Å². The second-order valence-corrected chi connectivity index (χ2v) is 4.00. The fourth-order valence-electron chi connectivity index (χ4n) is 1.33. The van der Waals surface area contributed by atoms with Gasteiger partial charge in [0.1, 0.15) is 6.07 Å². The molecule has 0 bridgehead atoms. The summed E-state index contributed by atoms with van der Waals surface area (Å²) in [4.78, 5) is 4.02. The van der Waals surface area contributed by atoms with E-state index < -0.39 is 0 Å². The lowest BCUT2D eigenvalue weighted by molar-refractivity contribution is 1.30. The highest BCUT2D eigenvalue weighted by Gasteiger charge is 1.99. The first-order valence-electron chi connectivity index (χ1n) is 4.41. The Kier molecular flexibility index (Phi) is 2.79. The van der Waals surface area contributed by atoms with Crippen LogP contribution >= 0.6 is 15.9 Å². The fraction of sp³-hybridized carbons (Fsp3) is 0. The zero-order valence-corrected chi connectivity index (χ0v) is 9.40. The van der Waals surface area contributed by atoms with Crippen LogP contribution in [0.3, 0.4) is 0 Å². The number of rotatable bonds is 1. The van der Waals surface area contributed by atoms with Crippen LogP contribution in [0.25, 0.3) is 11.1 Å². The Labute approximate surface area is 96.3 Å². The molecule has 1 heterocycles. The summed E-state index contributed by atoms with van der Waals surface area (Å²) >= 11 is 3.41. The number of nitriles is 1. The minimum Gasteiger partial charge on any atom is -0.263 e. The largest absolute Gasteiger partial charge is 0.263 e. The van der Waals surface area contributed by atoms with Crippen LogP contribution in [0.4, 0.5) is 0 Å². The second kappa shape index (κ2) is 4.24. The molecule has 3 heteroatoms. The van der Waals surface area contributed by atoms with E-state index in [1.807, 2.05) is 30.3 Å². The molecule has 0 unspecified atom stereocenters. The van der Waals surface area contributed by atoms with Gasteiger partial charge in [0.05, 0.1) is 5.56 Å². The average Bonchev–Trinajstić information content (AvgIpc) is 2.29. The van der Waals surface area contributed by atoms with E-state index in [1.165, 1.54) is 0 Å². The van der Waals surface area contributed by atoms with Gasteiger partial charge < -0.3 is 0 Å². The van der Waals surface area contributed by atoms with E-state index >= 15 is 0 Å². The smallest absolute Gasteiger partial charge is 0.101 e. The Morgan fingerprint density at radius 1 is 1.13 bits per heavy atom. The van der Waals surface area contributed by atoms with Crippen LogP contribution in [0.5, 0.6) is 0 Å². The van der Waals surface area contributed by atoms with Gasteiger partial charge in [0.25, 0.3) is 0 Å². The van der Waals surface area contributed by atoms with E-state index in [4.69, 9.17) is 5.26 Å². The monoisotopic (exact) mass is 258 g/mol. The van der Waals surface area contributed by atoms with Crippen molar-refractivity contribution in [2.45, 2.75) is 0 Å². The number of hydrogen-bond donors (Lipinski definition) is 0. The van der Waals surface area contributed by atoms with Crippen LogP contribution in [-0.2, 0) is 0 Å². The molecule has 0 aliphatic carbocycles. The molecule has 72 valence electrons. The lowest BCUT2D eigenvalue weighted by Gasteiger charge is -2.01. The van der Waals surface area contributed by atoms with Crippen LogP contribution < -0.4 is 0 Å².